The fourth-order valence-electron chi connectivity index (χ4n) is 3.01. The van der Waals surface area contributed by atoms with Gasteiger partial charge in [0.05, 0.1) is 24.4 Å². The van der Waals surface area contributed by atoms with Gasteiger partial charge in [-0.3, -0.25) is 9.69 Å². The summed E-state index contributed by atoms with van der Waals surface area (Å²) in [6.07, 6.45) is 0.798. The molecule has 0 radical (unpaired) electrons. The Morgan fingerprint density at radius 3 is 2.50 bits per heavy atom. The number of methoxy groups -OCH3 is 2. The zero-order chi connectivity index (χ0) is 21.8. The van der Waals surface area contributed by atoms with Crippen LogP contribution in [-0.4, -0.2) is 67.2 Å². The largest absolute Gasteiger partial charge is 0.481 e. The van der Waals surface area contributed by atoms with Crippen molar-refractivity contribution in [2.75, 3.05) is 46.3 Å². The van der Waals surface area contributed by atoms with Gasteiger partial charge in [-0.15, -0.1) is 0 Å². The number of fused-ring (bicyclic) bond motifs is 1. The van der Waals surface area contributed by atoms with E-state index >= 15 is 0 Å². The monoisotopic (exact) mass is 429 g/mol. The minimum atomic E-state index is -0.263. The van der Waals surface area contributed by atoms with Gasteiger partial charge in [-0.2, -0.15) is 9.97 Å². The van der Waals surface area contributed by atoms with E-state index in [1.54, 1.807) is 4.90 Å². The number of benzene rings is 1. The first-order valence-electron chi connectivity index (χ1n) is 9.64. The SMILES string of the molecule is COc1cc(C(=O)N(CCCN(C)C)c2nc3c(C)c(C)ccc3s2)nc(OC)n1. The third-order valence-electron chi connectivity index (χ3n) is 4.83. The highest BCUT2D eigenvalue weighted by Gasteiger charge is 2.24. The molecular weight excluding hydrogens is 402 g/mol. The topological polar surface area (TPSA) is 80.7 Å². The van der Waals surface area contributed by atoms with Crippen molar-refractivity contribution in [3.8, 4) is 11.9 Å². The summed E-state index contributed by atoms with van der Waals surface area (Å²) in [5.74, 6) is 0.00963. The van der Waals surface area contributed by atoms with E-state index in [0.717, 1.165) is 28.7 Å². The molecule has 0 aliphatic rings. The number of hydrogen-bond donors (Lipinski definition) is 0. The second-order valence-electron chi connectivity index (χ2n) is 7.25. The van der Waals surface area contributed by atoms with E-state index in [4.69, 9.17) is 14.5 Å². The molecule has 9 heteroatoms. The smallest absolute Gasteiger partial charge is 0.320 e. The molecule has 2 heterocycles. The number of anilines is 1. The Bertz CT molecular complexity index is 1030. The Morgan fingerprint density at radius 1 is 1.07 bits per heavy atom. The zero-order valence-electron chi connectivity index (χ0n) is 18.2. The molecule has 1 aromatic carbocycles. The molecule has 0 N–H and O–H groups in total. The average molecular weight is 430 g/mol. The Labute approximate surface area is 180 Å². The van der Waals surface area contributed by atoms with E-state index in [2.05, 4.69) is 40.8 Å². The summed E-state index contributed by atoms with van der Waals surface area (Å²) in [6.45, 7) is 5.49. The standard InChI is InChI=1S/C21H27N5O3S/c1-13-8-9-16-18(14(13)2)24-21(30-16)26(11-7-10-25(3)4)19(27)15-12-17(28-5)23-20(22-15)29-6/h8-9,12H,7,10-11H2,1-6H3. The van der Waals surface area contributed by atoms with E-state index in [1.807, 2.05) is 14.1 Å². The summed E-state index contributed by atoms with van der Waals surface area (Å²) >= 11 is 1.50. The van der Waals surface area contributed by atoms with Crippen molar-refractivity contribution >= 4 is 32.6 Å². The third-order valence-corrected chi connectivity index (χ3v) is 5.87. The van der Waals surface area contributed by atoms with E-state index in [1.165, 1.54) is 37.2 Å². The molecule has 0 bridgehead atoms. The van der Waals surface area contributed by atoms with Crippen molar-refractivity contribution in [2.45, 2.75) is 20.3 Å². The van der Waals surface area contributed by atoms with Crippen LogP contribution >= 0.6 is 11.3 Å². The molecule has 0 aliphatic heterocycles. The van der Waals surface area contributed by atoms with Crippen LogP contribution in [0.2, 0.25) is 0 Å². The maximum atomic E-state index is 13.5. The van der Waals surface area contributed by atoms with Gasteiger partial charge < -0.3 is 14.4 Å². The minimum absolute atomic E-state index is 0.0849. The van der Waals surface area contributed by atoms with Gasteiger partial charge in [0.25, 0.3) is 5.91 Å². The Kier molecular flexibility index (Phi) is 6.84. The number of aromatic nitrogens is 3. The van der Waals surface area contributed by atoms with Gasteiger partial charge in [0.15, 0.2) is 5.13 Å². The van der Waals surface area contributed by atoms with E-state index < -0.39 is 0 Å². The van der Waals surface area contributed by atoms with Crippen LogP contribution in [0.4, 0.5) is 5.13 Å². The number of hydrogen-bond acceptors (Lipinski definition) is 8. The number of aryl methyl sites for hydroxylation is 2. The second-order valence-corrected chi connectivity index (χ2v) is 8.26. The van der Waals surface area contributed by atoms with Crippen molar-refractivity contribution in [1.82, 2.24) is 19.9 Å². The third kappa shape index (κ3) is 4.68. The molecule has 8 nitrogen and oxygen atoms in total. The van der Waals surface area contributed by atoms with Crippen LogP contribution in [-0.2, 0) is 0 Å². The molecule has 1 amide bonds. The van der Waals surface area contributed by atoms with Crippen molar-refractivity contribution in [3.05, 3.63) is 35.0 Å². The van der Waals surface area contributed by atoms with Crippen molar-refractivity contribution in [2.24, 2.45) is 0 Å². The first kappa shape index (κ1) is 21.9. The van der Waals surface area contributed by atoms with Crippen LogP contribution in [0, 0.1) is 13.8 Å². The molecular formula is C21H27N5O3S. The normalized spacial score (nSPS) is 11.2. The fourth-order valence-corrected chi connectivity index (χ4v) is 4.06. The van der Waals surface area contributed by atoms with Gasteiger partial charge in [-0.25, -0.2) is 4.98 Å². The first-order valence-corrected chi connectivity index (χ1v) is 10.5. The highest BCUT2D eigenvalue weighted by molar-refractivity contribution is 7.22. The molecule has 0 spiro atoms. The second kappa shape index (κ2) is 9.36. The van der Waals surface area contributed by atoms with Crippen molar-refractivity contribution < 1.29 is 14.3 Å². The molecule has 0 saturated heterocycles. The predicted octanol–water partition coefficient (Wildman–Crippen LogP) is 3.32. The molecule has 0 unspecified atom stereocenters. The predicted molar refractivity (Wildman–Crippen MR) is 119 cm³/mol. The van der Waals surface area contributed by atoms with E-state index in [9.17, 15) is 4.79 Å². The summed E-state index contributed by atoms with van der Waals surface area (Å²) in [4.78, 5) is 30.4. The molecule has 3 aromatic rings. The van der Waals surface area contributed by atoms with Gasteiger partial charge >= 0.3 is 6.01 Å². The van der Waals surface area contributed by atoms with Crippen LogP contribution in [0.25, 0.3) is 10.2 Å². The number of thiazole rings is 1. The minimum Gasteiger partial charge on any atom is -0.481 e. The number of ether oxygens (including phenoxy) is 2. The molecule has 2 aromatic heterocycles. The molecule has 0 saturated carbocycles. The lowest BCUT2D eigenvalue weighted by molar-refractivity contribution is 0.0979. The van der Waals surface area contributed by atoms with Crippen LogP contribution < -0.4 is 14.4 Å². The molecule has 0 aliphatic carbocycles. The van der Waals surface area contributed by atoms with E-state index in [0.29, 0.717) is 11.7 Å². The van der Waals surface area contributed by atoms with Crippen LogP contribution in [0.15, 0.2) is 18.2 Å². The maximum Gasteiger partial charge on any atom is 0.320 e. The fraction of sp³-hybridized carbons (Fsp3) is 0.429. The number of amides is 1. The lowest BCUT2D eigenvalue weighted by Crippen LogP contribution is -2.34. The maximum absolute atomic E-state index is 13.5. The highest BCUT2D eigenvalue weighted by Crippen LogP contribution is 2.33. The van der Waals surface area contributed by atoms with Crippen molar-refractivity contribution in [1.29, 1.82) is 0 Å². The summed E-state index contributed by atoms with van der Waals surface area (Å²) in [5.41, 5.74) is 3.44. The Hall–Kier alpha value is -2.78. The number of carbonyl (C=O) groups is 1. The molecule has 30 heavy (non-hydrogen) atoms. The van der Waals surface area contributed by atoms with Crippen LogP contribution in [0.1, 0.15) is 28.0 Å². The number of nitrogens with zero attached hydrogens (tertiary/aromatic N) is 5. The number of carbonyl (C=O) groups excluding carboxylic acids is 1. The Morgan fingerprint density at radius 2 is 1.83 bits per heavy atom. The summed E-state index contributed by atoms with van der Waals surface area (Å²) in [5, 5.41) is 0.652. The summed E-state index contributed by atoms with van der Waals surface area (Å²) < 4.78 is 11.4. The van der Waals surface area contributed by atoms with Gasteiger partial charge in [0.1, 0.15) is 5.69 Å². The average Bonchev–Trinajstić information content (AvgIpc) is 3.17. The van der Waals surface area contributed by atoms with E-state index in [-0.39, 0.29) is 23.5 Å². The zero-order valence-corrected chi connectivity index (χ0v) is 19.0. The highest BCUT2D eigenvalue weighted by atomic mass is 32.1. The van der Waals surface area contributed by atoms with Gasteiger partial charge in [-0.05, 0) is 58.1 Å². The quantitative estimate of drug-likeness (QED) is 0.543. The lowest BCUT2D eigenvalue weighted by Gasteiger charge is -2.21. The van der Waals surface area contributed by atoms with Crippen molar-refractivity contribution in [3.63, 3.8) is 0 Å². The van der Waals surface area contributed by atoms with Gasteiger partial charge in [-0.1, -0.05) is 17.4 Å². The summed E-state index contributed by atoms with van der Waals surface area (Å²) in [7, 11) is 6.96. The first-order chi connectivity index (χ1) is 14.3. The Balaban J connectivity index is 2.02. The molecule has 160 valence electrons. The lowest BCUT2D eigenvalue weighted by atomic mass is 10.1. The van der Waals surface area contributed by atoms with Gasteiger partial charge in [0, 0.05) is 12.6 Å². The molecule has 3 rings (SSSR count). The van der Waals surface area contributed by atoms with Gasteiger partial charge in [0.2, 0.25) is 5.88 Å². The van der Waals surface area contributed by atoms with Crippen LogP contribution in [0.3, 0.4) is 0 Å². The molecule has 0 atom stereocenters. The van der Waals surface area contributed by atoms with Crippen LogP contribution in [0.5, 0.6) is 11.9 Å². The number of rotatable bonds is 8. The summed E-state index contributed by atoms with van der Waals surface area (Å²) in [6, 6.07) is 5.74. The molecule has 0 fully saturated rings.